The summed E-state index contributed by atoms with van der Waals surface area (Å²) in [7, 11) is 0. The molecule has 2 rings (SSSR count). The maximum absolute atomic E-state index is 11.1. The summed E-state index contributed by atoms with van der Waals surface area (Å²) < 4.78 is 4.99. The number of carbonyl (C=O) groups excluding carboxylic acids is 2. The zero-order valence-corrected chi connectivity index (χ0v) is 6.29. The number of fused-ring (bicyclic) bond motifs is 1. The number of rotatable bonds is 1. The molecule has 0 unspecified atom stereocenters. The summed E-state index contributed by atoms with van der Waals surface area (Å²) in [4.78, 5) is 21.4. The van der Waals surface area contributed by atoms with Crippen molar-refractivity contribution >= 4 is 12.2 Å². The number of amides is 1. The van der Waals surface area contributed by atoms with Crippen molar-refractivity contribution in [2.45, 2.75) is 6.42 Å². The van der Waals surface area contributed by atoms with Gasteiger partial charge in [0.2, 0.25) is 0 Å². The first-order valence-electron chi connectivity index (χ1n) is 3.67. The highest BCUT2D eigenvalue weighted by Crippen LogP contribution is 2.17. The molecular weight excluding hydrogens is 158 g/mol. The molecule has 0 aromatic carbocycles. The molecule has 0 atom stereocenters. The van der Waals surface area contributed by atoms with Crippen LogP contribution >= 0.6 is 0 Å². The standard InChI is InChI=1S/C8H7NO3/c10-4-6-3-5-1-2-9-8(11)7(5)12-6/h3-4H,1-2H2,(H,9,11). The minimum Gasteiger partial charge on any atom is -0.448 e. The second-order valence-electron chi connectivity index (χ2n) is 2.63. The molecule has 1 aliphatic rings. The van der Waals surface area contributed by atoms with Gasteiger partial charge in [0, 0.05) is 12.1 Å². The van der Waals surface area contributed by atoms with Crippen LogP contribution in [-0.4, -0.2) is 18.7 Å². The van der Waals surface area contributed by atoms with Crippen LogP contribution < -0.4 is 5.32 Å². The lowest BCUT2D eigenvalue weighted by atomic mass is 10.1. The SMILES string of the molecule is O=Cc1cc2c(o1)C(=O)NCC2. The van der Waals surface area contributed by atoms with E-state index in [-0.39, 0.29) is 17.4 Å². The van der Waals surface area contributed by atoms with Gasteiger partial charge < -0.3 is 9.73 Å². The lowest BCUT2D eigenvalue weighted by Gasteiger charge is -2.09. The van der Waals surface area contributed by atoms with Crippen molar-refractivity contribution < 1.29 is 14.0 Å². The average molecular weight is 165 g/mol. The number of hydrogen-bond acceptors (Lipinski definition) is 3. The minimum atomic E-state index is -0.232. The Morgan fingerprint density at radius 1 is 1.58 bits per heavy atom. The fraction of sp³-hybridized carbons (Fsp3) is 0.250. The van der Waals surface area contributed by atoms with E-state index in [1.165, 1.54) is 0 Å². The first kappa shape index (κ1) is 7.09. The topological polar surface area (TPSA) is 59.3 Å². The molecule has 4 heteroatoms. The molecule has 1 aromatic rings. The van der Waals surface area contributed by atoms with Crippen LogP contribution in [0.2, 0.25) is 0 Å². The Kier molecular flexibility index (Phi) is 1.46. The van der Waals surface area contributed by atoms with E-state index in [0.29, 0.717) is 12.8 Å². The third-order valence-electron chi connectivity index (χ3n) is 1.83. The van der Waals surface area contributed by atoms with E-state index in [1.54, 1.807) is 6.07 Å². The number of furan rings is 1. The Labute approximate surface area is 68.6 Å². The molecule has 0 saturated heterocycles. The lowest BCUT2D eigenvalue weighted by molar-refractivity contribution is 0.0914. The third-order valence-corrected chi connectivity index (χ3v) is 1.83. The summed E-state index contributed by atoms with van der Waals surface area (Å²) in [6.07, 6.45) is 1.34. The number of aldehydes is 1. The van der Waals surface area contributed by atoms with Crippen molar-refractivity contribution in [1.82, 2.24) is 5.32 Å². The van der Waals surface area contributed by atoms with Crippen LogP contribution in [0.4, 0.5) is 0 Å². The summed E-state index contributed by atoms with van der Waals surface area (Å²) in [6.45, 7) is 0.615. The Balaban J connectivity index is 2.50. The van der Waals surface area contributed by atoms with E-state index in [0.717, 1.165) is 12.0 Å². The molecule has 0 fully saturated rings. The predicted octanol–water partition coefficient (Wildman–Crippen LogP) is 0.378. The maximum atomic E-state index is 11.1. The molecule has 1 amide bonds. The van der Waals surface area contributed by atoms with Crippen LogP contribution in [0.5, 0.6) is 0 Å². The van der Waals surface area contributed by atoms with Gasteiger partial charge in [-0.3, -0.25) is 9.59 Å². The Morgan fingerprint density at radius 3 is 3.08 bits per heavy atom. The monoisotopic (exact) mass is 165 g/mol. The molecule has 62 valence electrons. The average Bonchev–Trinajstić information content (AvgIpc) is 2.49. The summed E-state index contributed by atoms with van der Waals surface area (Å²) in [6, 6.07) is 1.61. The number of hydrogen-bond donors (Lipinski definition) is 1. The fourth-order valence-electron chi connectivity index (χ4n) is 1.28. The Hall–Kier alpha value is -1.58. The van der Waals surface area contributed by atoms with E-state index in [1.807, 2.05) is 0 Å². The van der Waals surface area contributed by atoms with Crippen molar-refractivity contribution in [3.8, 4) is 0 Å². The van der Waals surface area contributed by atoms with Crippen LogP contribution in [0.15, 0.2) is 10.5 Å². The Morgan fingerprint density at radius 2 is 2.42 bits per heavy atom. The summed E-state index contributed by atoms with van der Waals surface area (Å²) >= 11 is 0. The van der Waals surface area contributed by atoms with E-state index in [2.05, 4.69) is 5.32 Å². The maximum Gasteiger partial charge on any atom is 0.287 e. The van der Waals surface area contributed by atoms with Crippen LogP contribution in [0.25, 0.3) is 0 Å². The number of carbonyl (C=O) groups is 2. The highest BCUT2D eigenvalue weighted by molar-refractivity contribution is 5.94. The Bertz CT molecular complexity index is 340. The van der Waals surface area contributed by atoms with Gasteiger partial charge in [0.1, 0.15) is 0 Å². The first-order valence-corrected chi connectivity index (χ1v) is 3.67. The zero-order valence-electron chi connectivity index (χ0n) is 6.29. The first-order chi connectivity index (χ1) is 5.81. The minimum absolute atomic E-state index is 0.219. The van der Waals surface area contributed by atoms with Gasteiger partial charge in [-0.25, -0.2) is 0 Å². The van der Waals surface area contributed by atoms with Crippen molar-refractivity contribution in [3.05, 3.63) is 23.2 Å². The summed E-state index contributed by atoms with van der Waals surface area (Å²) in [5, 5.41) is 2.63. The normalized spacial score (nSPS) is 15.2. The second kappa shape index (κ2) is 2.48. The molecular formula is C8H7NO3. The fourth-order valence-corrected chi connectivity index (χ4v) is 1.28. The summed E-state index contributed by atoms with van der Waals surface area (Å²) in [5.74, 6) is 0.268. The van der Waals surface area contributed by atoms with Gasteiger partial charge in [-0.1, -0.05) is 0 Å². The van der Waals surface area contributed by atoms with Crippen LogP contribution in [-0.2, 0) is 6.42 Å². The van der Waals surface area contributed by atoms with Crippen molar-refractivity contribution in [1.29, 1.82) is 0 Å². The van der Waals surface area contributed by atoms with Gasteiger partial charge in [-0.05, 0) is 12.5 Å². The molecule has 1 N–H and O–H groups in total. The molecule has 0 radical (unpaired) electrons. The predicted molar refractivity (Wildman–Crippen MR) is 40.1 cm³/mol. The van der Waals surface area contributed by atoms with Crippen LogP contribution in [0.1, 0.15) is 26.7 Å². The molecule has 2 heterocycles. The number of nitrogens with one attached hydrogen (secondary N) is 1. The summed E-state index contributed by atoms with van der Waals surface area (Å²) in [5.41, 5.74) is 0.820. The highest BCUT2D eigenvalue weighted by Gasteiger charge is 2.21. The van der Waals surface area contributed by atoms with Crippen molar-refractivity contribution in [2.24, 2.45) is 0 Å². The van der Waals surface area contributed by atoms with E-state index in [4.69, 9.17) is 4.42 Å². The molecule has 0 bridgehead atoms. The molecule has 0 saturated carbocycles. The lowest BCUT2D eigenvalue weighted by Crippen LogP contribution is -2.30. The zero-order chi connectivity index (χ0) is 8.55. The van der Waals surface area contributed by atoms with Gasteiger partial charge >= 0.3 is 0 Å². The molecule has 1 aliphatic heterocycles. The van der Waals surface area contributed by atoms with Gasteiger partial charge in [-0.2, -0.15) is 0 Å². The smallest absolute Gasteiger partial charge is 0.287 e. The largest absolute Gasteiger partial charge is 0.448 e. The van der Waals surface area contributed by atoms with Gasteiger partial charge in [0.05, 0.1) is 0 Å². The van der Waals surface area contributed by atoms with E-state index < -0.39 is 0 Å². The van der Waals surface area contributed by atoms with Gasteiger partial charge in [-0.15, -0.1) is 0 Å². The molecule has 0 spiro atoms. The van der Waals surface area contributed by atoms with Crippen LogP contribution in [0.3, 0.4) is 0 Å². The second-order valence-corrected chi connectivity index (χ2v) is 2.63. The quantitative estimate of drug-likeness (QED) is 0.612. The van der Waals surface area contributed by atoms with Crippen LogP contribution in [0, 0.1) is 0 Å². The van der Waals surface area contributed by atoms with Crippen molar-refractivity contribution in [3.63, 3.8) is 0 Å². The third kappa shape index (κ3) is 0.922. The van der Waals surface area contributed by atoms with Gasteiger partial charge in [0.15, 0.2) is 17.8 Å². The van der Waals surface area contributed by atoms with E-state index in [9.17, 15) is 9.59 Å². The molecule has 12 heavy (non-hydrogen) atoms. The van der Waals surface area contributed by atoms with E-state index >= 15 is 0 Å². The molecule has 4 nitrogen and oxygen atoms in total. The van der Waals surface area contributed by atoms with Crippen molar-refractivity contribution in [2.75, 3.05) is 6.54 Å². The molecule has 0 aliphatic carbocycles. The van der Waals surface area contributed by atoms with Gasteiger partial charge in [0.25, 0.3) is 5.91 Å². The highest BCUT2D eigenvalue weighted by atomic mass is 16.4. The molecule has 1 aromatic heterocycles.